The third-order valence-corrected chi connectivity index (χ3v) is 1.05. The van der Waals surface area contributed by atoms with Crippen LogP contribution in [-0.4, -0.2) is 24.1 Å². The van der Waals surface area contributed by atoms with Gasteiger partial charge in [0.05, 0.1) is 6.10 Å². The molecular weight excluding hydrogens is 160 g/mol. The van der Waals surface area contributed by atoms with Gasteiger partial charge in [-0.2, -0.15) is 0 Å². The van der Waals surface area contributed by atoms with Crippen molar-refractivity contribution in [2.45, 2.75) is 39.9 Å². The molecule has 0 N–H and O–H groups in total. The van der Waals surface area contributed by atoms with Crippen LogP contribution in [-0.2, 0) is 19.1 Å². The molecule has 0 heterocycles. The molecule has 12 heavy (non-hydrogen) atoms. The Labute approximate surface area is 71.8 Å². The molecule has 1 atom stereocenters. The van der Waals surface area contributed by atoms with E-state index in [4.69, 9.17) is 4.74 Å². The highest BCUT2D eigenvalue weighted by Gasteiger charge is 2.17. The third-order valence-electron chi connectivity index (χ3n) is 1.05. The molecule has 0 amide bonds. The zero-order chi connectivity index (χ0) is 9.72. The molecule has 1 unspecified atom stereocenters. The van der Waals surface area contributed by atoms with Gasteiger partial charge in [0.15, 0.2) is 6.10 Å². The van der Waals surface area contributed by atoms with E-state index in [2.05, 4.69) is 4.74 Å². The maximum atomic E-state index is 10.9. The second-order valence-electron chi connectivity index (χ2n) is 2.74. The Kier molecular flexibility index (Phi) is 4.51. The van der Waals surface area contributed by atoms with Crippen LogP contribution in [0.5, 0.6) is 0 Å². The molecule has 0 aromatic carbocycles. The van der Waals surface area contributed by atoms with E-state index in [1.165, 1.54) is 6.92 Å². The number of ether oxygens (including phenoxy) is 2. The summed E-state index contributed by atoms with van der Waals surface area (Å²) in [6, 6.07) is 0. The molecule has 0 aliphatic carbocycles. The average Bonchev–Trinajstić information content (AvgIpc) is 1.84. The lowest BCUT2D eigenvalue weighted by Crippen LogP contribution is -2.27. The summed E-state index contributed by atoms with van der Waals surface area (Å²) in [5.74, 6) is -1.25. The Hall–Kier alpha value is -0.900. The fraction of sp³-hybridized carbons (Fsp3) is 0.750. The standard InChI is InChI=1S/C8H14O4/c1-5(2)11-6(3)8(10)12-7(4)9/h5-6H,1-4H3. The Morgan fingerprint density at radius 2 is 1.67 bits per heavy atom. The van der Waals surface area contributed by atoms with E-state index in [0.29, 0.717) is 0 Å². The number of carbonyl (C=O) groups is 2. The van der Waals surface area contributed by atoms with Crippen molar-refractivity contribution in [2.75, 3.05) is 0 Å². The van der Waals surface area contributed by atoms with Crippen LogP contribution < -0.4 is 0 Å². The van der Waals surface area contributed by atoms with Gasteiger partial charge in [0, 0.05) is 6.92 Å². The number of hydrogen-bond donors (Lipinski definition) is 0. The molecule has 70 valence electrons. The molecule has 0 fully saturated rings. The van der Waals surface area contributed by atoms with Crippen LogP contribution in [0.3, 0.4) is 0 Å². The lowest BCUT2D eigenvalue weighted by atomic mass is 10.4. The van der Waals surface area contributed by atoms with Crippen LogP contribution in [0.25, 0.3) is 0 Å². The van der Waals surface area contributed by atoms with E-state index in [0.717, 1.165) is 0 Å². The first-order chi connectivity index (χ1) is 5.43. The summed E-state index contributed by atoms with van der Waals surface area (Å²) >= 11 is 0. The van der Waals surface area contributed by atoms with E-state index in [1.807, 2.05) is 0 Å². The van der Waals surface area contributed by atoms with E-state index in [1.54, 1.807) is 20.8 Å². The third kappa shape index (κ3) is 4.85. The minimum Gasteiger partial charge on any atom is -0.391 e. The number of esters is 2. The van der Waals surface area contributed by atoms with E-state index >= 15 is 0 Å². The Morgan fingerprint density at radius 1 is 1.17 bits per heavy atom. The highest BCUT2D eigenvalue weighted by Crippen LogP contribution is 1.99. The molecule has 0 aromatic rings. The van der Waals surface area contributed by atoms with Crippen LogP contribution in [0.1, 0.15) is 27.7 Å². The summed E-state index contributed by atoms with van der Waals surface area (Å²) in [5.41, 5.74) is 0. The van der Waals surface area contributed by atoms with E-state index < -0.39 is 18.0 Å². The molecule has 0 spiro atoms. The first kappa shape index (κ1) is 11.1. The van der Waals surface area contributed by atoms with Gasteiger partial charge in [0.2, 0.25) is 0 Å². The number of rotatable bonds is 3. The largest absolute Gasteiger partial charge is 0.391 e. The summed E-state index contributed by atoms with van der Waals surface area (Å²) in [5, 5.41) is 0. The van der Waals surface area contributed by atoms with Gasteiger partial charge in [-0.3, -0.25) is 4.79 Å². The summed E-state index contributed by atoms with van der Waals surface area (Å²) < 4.78 is 9.40. The van der Waals surface area contributed by atoms with Gasteiger partial charge in [-0.25, -0.2) is 4.79 Å². The van der Waals surface area contributed by atoms with Crippen molar-refractivity contribution in [1.29, 1.82) is 0 Å². The van der Waals surface area contributed by atoms with Gasteiger partial charge >= 0.3 is 11.9 Å². The van der Waals surface area contributed by atoms with Crippen molar-refractivity contribution >= 4 is 11.9 Å². The predicted molar refractivity (Wildman–Crippen MR) is 42.5 cm³/mol. The highest BCUT2D eigenvalue weighted by molar-refractivity contribution is 5.86. The zero-order valence-corrected chi connectivity index (χ0v) is 7.79. The van der Waals surface area contributed by atoms with Gasteiger partial charge in [-0.1, -0.05) is 0 Å². The van der Waals surface area contributed by atoms with Crippen molar-refractivity contribution in [3.8, 4) is 0 Å². The molecule has 0 rings (SSSR count). The fourth-order valence-corrected chi connectivity index (χ4v) is 0.688. The molecule has 0 saturated heterocycles. The first-order valence-electron chi connectivity index (χ1n) is 3.81. The van der Waals surface area contributed by atoms with Gasteiger partial charge < -0.3 is 9.47 Å². The number of carbonyl (C=O) groups excluding carboxylic acids is 2. The van der Waals surface area contributed by atoms with Crippen molar-refractivity contribution in [2.24, 2.45) is 0 Å². The van der Waals surface area contributed by atoms with Crippen LogP contribution in [0.4, 0.5) is 0 Å². The highest BCUT2D eigenvalue weighted by atomic mass is 16.6. The van der Waals surface area contributed by atoms with E-state index in [-0.39, 0.29) is 6.10 Å². The summed E-state index contributed by atoms with van der Waals surface area (Å²) in [6.07, 6.45) is -0.742. The quantitative estimate of drug-likeness (QED) is 0.471. The predicted octanol–water partition coefficient (Wildman–Crippen LogP) is 0.890. The Bertz CT molecular complexity index is 174. The van der Waals surface area contributed by atoms with Gasteiger partial charge in [0.25, 0.3) is 0 Å². The molecule has 4 nitrogen and oxygen atoms in total. The molecule has 0 radical (unpaired) electrons. The average molecular weight is 174 g/mol. The van der Waals surface area contributed by atoms with Gasteiger partial charge in [0.1, 0.15) is 0 Å². The normalized spacial score (nSPS) is 12.8. The lowest BCUT2D eigenvalue weighted by Gasteiger charge is -2.13. The van der Waals surface area contributed by atoms with Crippen LogP contribution >= 0.6 is 0 Å². The van der Waals surface area contributed by atoms with Gasteiger partial charge in [-0.15, -0.1) is 0 Å². The Morgan fingerprint density at radius 3 is 2.00 bits per heavy atom. The molecule has 4 heteroatoms. The van der Waals surface area contributed by atoms with Crippen LogP contribution in [0.15, 0.2) is 0 Å². The molecule has 0 saturated carbocycles. The minimum atomic E-state index is -0.686. The maximum Gasteiger partial charge on any atom is 0.342 e. The topological polar surface area (TPSA) is 52.6 Å². The van der Waals surface area contributed by atoms with Crippen molar-refractivity contribution in [1.82, 2.24) is 0 Å². The molecule has 0 aromatic heterocycles. The summed E-state index contributed by atoms with van der Waals surface area (Å²) in [7, 11) is 0. The maximum absolute atomic E-state index is 10.9. The van der Waals surface area contributed by atoms with Crippen LogP contribution in [0, 0.1) is 0 Å². The fourth-order valence-electron chi connectivity index (χ4n) is 0.688. The summed E-state index contributed by atoms with van der Waals surface area (Å²) in [4.78, 5) is 21.3. The van der Waals surface area contributed by atoms with Crippen molar-refractivity contribution in [3.63, 3.8) is 0 Å². The first-order valence-corrected chi connectivity index (χ1v) is 3.81. The molecule has 0 aliphatic heterocycles. The smallest absolute Gasteiger partial charge is 0.342 e. The van der Waals surface area contributed by atoms with Crippen molar-refractivity contribution in [3.05, 3.63) is 0 Å². The second-order valence-corrected chi connectivity index (χ2v) is 2.74. The van der Waals surface area contributed by atoms with Crippen molar-refractivity contribution < 1.29 is 19.1 Å². The van der Waals surface area contributed by atoms with Crippen LogP contribution in [0.2, 0.25) is 0 Å². The summed E-state index contributed by atoms with van der Waals surface area (Å²) in [6.45, 7) is 6.33. The Balaban J connectivity index is 3.85. The lowest BCUT2D eigenvalue weighted by molar-refractivity contribution is -0.167. The zero-order valence-electron chi connectivity index (χ0n) is 7.79. The van der Waals surface area contributed by atoms with Gasteiger partial charge in [-0.05, 0) is 20.8 Å². The SMILES string of the molecule is CC(=O)OC(=O)C(C)OC(C)C. The van der Waals surface area contributed by atoms with E-state index in [9.17, 15) is 9.59 Å². The monoisotopic (exact) mass is 174 g/mol. The minimum absolute atomic E-state index is 0.0560. The number of hydrogen-bond acceptors (Lipinski definition) is 4. The molecular formula is C8H14O4. The molecule has 0 bridgehead atoms. The second kappa shape index (κ2) is 4.87. The molecule has 0 aliphatic rings.